The van der Waals surface area contributed by atoms with Crippen molar-refractivity contribution in [1.82, 2.24) is 0 Å². The van der Waals surface area contributed by atoms with Crippen LogP contribution < -0.4 is 9.62 Å². The summed E-state index contributed by atoms with van der Waals surface area (Å²) in [5.41, 5.74) is -6.44. The molecular weight excluding hydrogens is 459 g/mol. The molecule has 0 N–H and O–H groups in total. The number of hydrogen-bond donors (Lipinski definition) is 0. The van der Waals surface area contributed by atoms with Crippen LogP contribution in [0.25, 0.3) is 0 Å². The normalized spacial score (nSPS) is 12.3. The summed E-state index contributed by atoms with van der Waals surface area (Å²) in [6.45, 7) is 0. The van der Waals surface area contributed by atoms with Crippen molar-refractivity contribution in [2.45, 2.75) is 0 Å². The number of para-hydroxylation sites is 2. The number of nitrogens with zero attached hydrogens (tertiary/aromatic N) is 4. The molecule has 0 amide bonds. The average molecular weight is 463 g/mol. The van der Waals surface area contributed by atoms with Gasteiger partial charge in [-0.15, -0.1) is 0 Å². The third kappa shape index (κ3) is 2.97. The Labute approximate surface area is 180 Å². The van der Waals surface area contributed by atoms with Crippen LogP contribution in [-0.2, 0) is 0 Å². The molecule has 3 aromatic rings. The van der Waals surface area contributed by atoms with Gasteiger partial charge in [-0.1, -0.05) is 12.1 Å². The van der Waals surface area contributed by atoms with Gasteiger partial charge < -0.3 is 9.62 Å². The SMILES string of the molecule is N#Cc1c(F)c(F)c(N2[B]N(c3c(F)c(F)c(C#N)c(F)c3F)c3ccccc32)c(F)c1F. The van der Waals surface area contributed by atoms with E-state index >= 15 is 0 Å². The molecule has 1 aliphatic heterocycles. The van der Waals surface area contributed by atoms with E-state index in [4.69, 9.17) is 10.5 Å². The van der Waals surface area contributed by atoms with E-state index in [2.05, 4.69) is 0 Å². The Morgan fingerprint density at radius 2 is 0.848 bits per heavy atom. The monoisotopic (exact) mass is 463 g/mol. The fourth-order valence-corrected chi connectivity index (χ4v) is 3.33. The molecule has 163 valence electrons. The van der Waals surface area contributed by atoms with Crippen molar-refractivity contribution in [2.75, 3.05) is 9.62 Å². The molecule has 4 rings (SSSR count). The van der Waals surface area contributed by atoms with Gasteiger partial charge in [-0.3, -0.25) is 0 Å². The highest BCUT2D eigenvalue weighted by molar-refractivity contribution is 6.55. The summed E-state index contributed by atoms with van der Waals surface area (Å²) >= 11 is 0. The Morgan fingerprint density at radius 3 is 1.12 bits per heavy atom. The van der Waals surface area contributed by atoms with Gasteiger partial charge in [0.2, 0.25) is 0 Å². The van der Waals surface area contributed by atoms with Crippen molar-refractivity contribution < 1.29 is 35.1 Å². The van der Waals surface area contributed by atoms with Crippen LogP contribution in [0.3, 0.4) is 0 Å². The van der Waals surface area contributed by atoms with Gasteiger partial charge in [0.15, 0.2) is 46.5 Å². The number of rotatable bonds is 2. The van der Waals surface area contributed by atoms with Crippen LogP contribution in [0.15, 0.2) is 24.3 Å². The molecule has 1 heterocycles. The molecule has 0 saturated carbocycles. The summed E-state index contributed by atoms with van der Waals surface area (Å²) < 4.78 is 115. The molecule has 4 nitrogen and oxygen atoms in total. The average Bonchev–Trinajstić information content (AvgIpc) is 3.17. The first kappa shape index (κ1) is 22.0. The minimum Gasteiger partial charge on any atom is -0.362 e. The Balaban J connectivity index is 1.98. The minimum absolute atomic E-state index is 0.289. The molecule has 0 spiro atoms. The van der Waals surface area contributed by atoms with Crippen molar-refractivity contribution >= 4 is 30.3 Å². The molecule has 3 aromatic carbocycles. The molecule has 33 heavy (non-hydrogen) atoms. The lowest BCUT2D eigenvalue weighted by atomic mass is 10.0. The molecule has 0 aliphatic carbocycles. The summed E-state index contributed by atoms with van der Waals surface area (Å²) in [7, 11) is 0.531. The van der Waals surface area contributed by atoms with Crippen molar-refractivity contribution in [3.63, 3.8) is 0 Å². The summed E-state index contributed by atoms with van der Waals surface area (Å²) in [5.74, 6) is -16.1. The van der Waals surface area contributed by atoms with Gasteiger partial charge in [0.25, 0.3) is 0 Å². The van der Waals surface area contributed by atoms with Crippen molar-refractivity contribution in [1.29, 1.82) is 10.5 Å². The van der Waals surface area contributed by atoms with Crippen LogP contribution in [0.2, 0.25) is 0 Å². The van der Waals surface area contributed by atoms with Gasteiger partial charge in [-0.2, -0.15) is 10.5 Å². The third-order valence-electron chi connectivity index (χ3n) is 4.82. The molecule has 0 atom stereocenters. The summed E-state index contributed by atoms with van der Waals surface area (Å²) in [6, 6.07) is 6.80. The lowest BCUT2D eigenvalue weighted by molar-refractivity contribution is 0.453. The highest BCUT2D eigenvalue weighted by atomic mass is 19.2. The quantitative estimate of drug-likeness (QED) is 0.292. The topological polar surface area (TPSA) is 54.1 Å². The van der Waals surface area contributed by atoms with E-state index < -0.39 is 69.0 Å². The molecule has 13 heteroatoms. The van der Waals surface area contributed by atoms with Crippen LogP contribution in [0.1, 0.15) is 11.1 Å². The molecule has 0 unspecified atom stereocenters. The van der Waals surface area contributed by atoms with Crippen molar-refractivity contribution in [3.8, 4) is 12.1 Å². The zero-order valence-electron chi connectivity index (χ0n) is 15.7. The van der Waals surface area contributed by atoms with E-state index in [1.165, 1.54) is 12.1 Å². The van der Waals surface area contributed by atoms with Gasteiger partial charge in [-0.05, 0) is 12.1 Å². The van der Waals surface area contributed by atoms with Gasteiger partial charge in [-0.25, -0.2) is 35.1 Å². The molecule has 0 saturated heterocycles. The van der Waals surface area contributed by atoms with Gasteiger partial charge in [0.1, 0.15) is 34.6 Å². The zero-order chi connectivity index (χ0) is 24.2. The van der Waals surface area contributed by atoms with Gasteiger partial charge in [0, 0.05) is 0 Å². The smallest absolute Gasteiger partial charge is 0.362 e. The summed E-state index contributed by atoms with van der Waals surface area (Å²) in [6.07, 6.45) is 0. The number of nitriles is 2. The Bertz CT molecular complexity index is 1260. The summed E-state index contributed by atoms with van der Waals surface area (Å²) in [5, 5.41) is 17.5. The zero-order valence-corrected chi connectivity index (χ0v) is 15.7. The van der Waals surface area contributed by atoms with E-state index in [1.54, 1.807) is 0 Å². The maximum Gasteiger partial charge on any atom is 0.401 e. The maximum absolute atomic E-state index is 14.6. The van der Waals surface area contributed by atoms with Crippen LogP contribution >= 0.6 is 0 Å². The van der Waals surface area contributed by atoms with E-state index in [0.717, 1.165) is 24.3 Å². The van der Waals surface area contributed by atoms with Crippen LogP contribution in [0.4, 0.5) is 57.9 Å². The predicted octanol–water partition coefficient (Wildman–Crippen LogP) is 5.37. The fraction of sp³-hybridized carbons (Fsp3) is 0. The number of benzene rings is 3. The van der Waals surface area contributed by atoms with Crippen LogP contribution in [0, 0.1) is 69.2 Å². The van der Waals surface area contributed by atoms with E-state index in [-0.39, 0.29) is 11.4 Å². The summed E-state index contributed by atoms with van der Waals surface area (Å²) in [4.78, 5) is 0.889. The fourth-order valence-electron chi connectivity index (χ4n) is 3.33. The lowest BCUT2D eigenvalue weighted by Crippen LogP contribution is -2.32. The van der Waals surface area contributed by atoms with E-state index in [9.17, 15) is 35.1 Å². The molecule has 0 fully saturated rings. The standard InChI is InChI=1S/C20H4BF8N4/c22-11-7(5-30)12(23)16(27)19(15(11)26)32-9-3-1-2-4-10(9)33(21-32)20-17(28)13(24)8(6-31)14(25)18(20)29/h1-4H. The first-order chi connectivity index (χ1) is 15.6. The molecular formula is C20H4BF8N4. The van der Waals surface area contributed by atoms with Crippen LogP contribution in [-0.4, -0.2) is 7.55 Å². The van der Waals surface area contributed by atoms with Gasteiger partial charge >= 0.3 is 7.55 Å². The molecule has 0 aromatic heterocycles. The second kappa shape index (κ2) is 7.71. The first-order valence-electron chi connectivity index (χ1n) is 8.70. The lowest BCUT2D eigenvalue weighted by Gasteiger charge is -2.22. The Morgan fingerprint density at radius 1 is 0.545 bits per heavy atom. The molecule has 0 bridgehead atoms. The highest BCUT2D eigenvalue weighted by Crippen LogP contribution is 2.47. The maximum atomic E-state index is 14.6. The Hall–Kier alpha value is -4.26. The number of hydrogen-bond acceptors (Lipinski definition) is 4. The highest BCUT2D eigenvalue weighted by Gasteiger charge is 2.40. The Kier molecular flexibility index (Phi) is 5.13. The first-order valence-corrected chi connectivity index (χ1v) is 8.70. The van der Waals surface area contributed by atoms with E-state index in [1.807, 2.05) is 0 Å². The van der Waals surface area contributed by atoms with Crippen molar-refractivity contribution in [3.05, 3.63) is 81.9 Å². The number of anilines is 4. The molecule has 1 radical (unpaired) electrons. The van der Waals surface area contributed by atoms with Crippen molar-refractivity contribution in [2.24, 2.45) is 0 Å². The number of halogens is 8. The second-order valence-corrected chi connectivity index (χ2v) is 6.53. The minimum atomic E-state index is -2.02. The third-order valence-corrected chi connectivity index (χ3v) is 4.82. The number of fused-ring (bicyclic) bond motifs is 1. The van der Waals surface area contributed by atoms with Gasteiger partial charge in [0.05, 0.1) is 11.4 Å². The van der Waals surface area contributed by atoms with E-state index in [0.29, 0.717) is 17.2 Å². The molecule has 1 aliphatic rings. The van der Waals surface area contributed by atoms with Crippen LogP contribution in [0.5, 0.6) is 0 Å². The predicted molar refractivity (Wildman–Crippen MR) is 98.5 cm³/mol. The second-order valence-electron chi connectivity index (χ2n) is 6.53. The largest absolute Gasteiger partial charge is 0.401 e.